The maximum Gasteiger partial charge on any atom is 0.302 e. The Bertz CT molecular complexity index is 858. The molecule has 0 aliphatic heterocycles. The van der Waals surface area contributed by atoms with Crippen molar-refractivity contribution in [1.82, 2.24) is 4.98 Å². The lowest BCUT2D eigenvalue weighted by Crippen LogP contribution is -2.14. The highest BCUT2D eigenvalue weighted by Crippen LogP contribution is 2.19. The van der Waals surface area contributed by atoms with Gasteiger partial charge in [0.05, 0.1) is 6.26 Å². The number of nitrogens with one attached hydrogen (secondary N) is 2. The lowest BCUT2D eigenvalue weighted by atomic mass is 10.3. The van der Waals surface area contributed by atoms with Gasteiger partial charge >= 0.3 is 6.01 Å². The van der Waals surface area contributed by atoms with Gasteiger partial charge in [0.25, 0.3) is 11.8 Å². The molecule has 2 N–H and O–H groups in total. The number of oxazole rings is 1. The average molecular weight is 343 g/mol. The summed E-state index contributed by atoms with van der Waals surface area (Å²) in [5.74, 6) is -0.829. The Labute approximate surface area is 141 Å². The monoisotopic (exact) mass is 343 g/mol. The van der Waals surface area contributed by atoms with Crippen molar-refractivity contribution < 1.29 is 18.4 Å². The Morgan fingerprint density at radius 3 is 2.71 bits per heavy atom. The molecule has 7 nitrogen and oxygen atoms in total. The fraction of sp³-hybridized carbons (Fsp3) is 0.0625. The van der Waals surface area contributed by atoms with Crippen molar-refractivity contribution in [3.63, 3.8) is 0 Å². The molecule has 0 aliphatic rings. The van der Waals surface area contributed by atoms with Gasteiger partial charge in [0, 0.05) is 10.6 Å². The lowest BCUT2D eigenvalue weighted by molar-refractivity contribution is 0.0990. The summed E-state index contributed by atoms with van der Waals surface area (Å²) in [6.07, 6.45) is 4.50. The Morgan fingerprint density at radius 1 is 1.08 bits per heavy atom. The van der Waals surface area contributed by atoms with Crippen LogP contribution in [0, 0.1) is 0 Å². The molecular formula is C16H13N3O4S. The molecule has 0 fully saturated rings. The van der Waals surface area contributed by atoms with Crippen LogP contribution in [0.5, 0.6) is 0 Å². The highest BCUT2D eigenvalue weighted by atomic mass is 32.2. The zero-order chi connectivity index (χ0) is 16.9. The first-order chi connectivity index (χ1) is 11.7. The zero-order valence-electron chi connectivity index (χ0n) is 12.6. The van der Waals surface area contributed by atoms with Crippen molar-refractivity contribution in [1.29, 1.82) is 0 Å². The van der Waals surface area contributed by atoms with E-state index < -0.39 is 11.8 Å². The van der Waals surface area contributed by atoms with E-state index in [1.54, 1.807) is 23.9 Å². The van der Waals surface area contributed by atoms with E-state index in [0.29, 0.717) is 5.69 Å². The first-order valence-electron chi connectivity index (χ1n) is 6.91. The molecule has 2 amide bonds. The molecule has 2 heterocycles. The third-order valence-electron chi connectivity index (χ3n) is 3.03. The molecule has 0 radical (unpaired) electrons. The summed E-state index contributed by atoms with van der Waals surface area (Å²) in [5, 5.41) is 5.13. The summed E-state index contributed by atoms with van der Waals surface area (Å²) in [6, 6.07) is 10.4. The summed E-state index contributed by atoms with van der Waals surface area (Å²) in [7, 11) is 0. The van der Waals surface area contributed by atoms with Gasteiger partial charge in [-0.05, 0) is 36.6 Å². The van der Waals surface area contributed by atoms with E-state index in [2.05, 4.69) is 15.6 Å². The smallest absolute Gasteiger partial charge is 0.302 e. The topological polar surface area (TPSA) is 97.4 Å². The van der Waals surface area contributed by atoms with Crippen LogP contribution in [-0.4, -0.2) is 23.1 Å². The molecule has 8 heteroatoms. The molecule has 3 aromatic rings. The SMILES string of the molecule is CSc1cccc(NC(=O)c2coc(NC(=O)c3ccco3)n2)c1. The van der Waals surface area contributed by atoms with Crippen LogP contribution < -0.4 is 10.6 Å². The minimum atomic E-state index is -0.513. The fourth-order valence-electron chi connectivity index (χ4n) is 1.90. The number of furan rings is 1. The molecule has 0 unspecified atom stereocenters. The standard InChI is InChI=1S/C16H13N3O4S/c1-24-11-5-2-4-10(8-11)17-14(20)12-9-23-16(18-12)19-15(21)13-6-3-7-22-13/h2-9H,1H3,(H,17,20)(H,18,19,21). The first kappa shape index (κ1) is 15.9. The number of nitrogens with zero attached hydrogens (tertiary/aromatic N) is 1. The van der Waals surface area contributed by atoms with Crippen molar-refractivity contribution in [2.24, 2.45) is 0 Å². The zero-order valence-corrected chi connectivity index (χ0v) is 13.4. The van der Waals surface area contributed by atoms with E-state index in [1.807, 2.05) is 24.5 Å². The van der Waals surface area contributed by atoms with E-state index >= 15 is 0 Å². The summed E-state index contributed by atoms with van der Waals surface area (Å²) in [6.45, 7) is 0. The second kappa shape index (κ2) is 7.05. The van der Waals surface area contributed by atoms with Crippen LogP contribution in [0.3, 0.4) is 0 Å². The van der Waals surface area contributed by atoms with Crippen molar-refractivity contribution >= 4 is 35.3 Å². The second-order valence-corrected chi connectivity index (χ2v) is 5.54. The highest BCUT2D eigenvalue weighted by Gasteiger charge is 2.16. The lowest BCUT2D eigenvalue weighted by Gasteiger charge is -2.04. The third-order valence-corrected chi connectivity index (χ3v) is 3.76. The fourth-order valence-corrected chi connectivity index (χ4v) is 2.36. The summed E-state index contributed by atoms with van der Waals surface area (Å²) in [5.41, 5.74) is 0.704. The average Bonchev–Trinajstić information content (AvgIpc) is 3.26. The van der Waals surface area contributed by atoms with Crippen LogP contribution in [0.15, 0.2) is 62.7 Å². The van der Waals surface area contributed by atoms with Crippen molar-refractivity contribution in [3.8, 4) is 0 Å². The Kier molecular flexibility index (Phi) is 4.66. The molecule has 0 spiro atoms. The van der Waals surface area contributed by atoms with E-state index in [9.17, 15) is 9.59 Å². The van der Waals surface area contributed by atoms with E-state index in [4.69, 9.17) is 8.83 Å². The predicted molar refractivity (Wildman–Crippen MR) is 89.3 cm³/mol. The maximum absolute atomic E-state index is 12.2. The predicted octanol–water partition coefficient (Wildman–Crippen LogP) is 3.49. The van der Waals surface area contributed by atoms with Crippen molar-refractivity contribution in [2.45, 2.75) is 4.90 Å². The van der Waals surface area contributed by atoms with Crippen molar-refractivity contribution in [3.05, 3.63) is 60.4 Å². The number of amides is 2. The molecular weight excluding hydrogens is 330 g/mol. The van der Waals surface area contributed by atoms with Gasteiger partial charge in [0.15, 0.2) is 11.5 Å². The van der Waals surface area contributed by atoms with E-state index in [1.165, 1.54) is 18.6 Å². The number of aromatic nitrogens is 1. The number of carbonyl (C=O) groups is 2. The van der Waals surface area contributed by atoms with Gasteiger partial charge in [-0.1, -0.05) is 6.07 Å². The summed E-state index contributed by atoms with van der Waals surface area (Å²) < 4.78 is 10.0. The normalized spacial score (nSPS) is 10.4. The Morgan fingerprint density at radius 2 is 1.96 bits per heavy atom. The quantitative estimate of drug-likeness (QED) is 0.688. The molecule has 0 saturated carbocycles. The van der Waals surface area contributed by atoms with Gasteiger partial charge in [-0.15, -0.1) is 11.8 Å². The van der Waals surface area contributed by atoms with E-state index in [0.717, 1.165) is 4.90 Å². The molecule has 1 aromatic carbocycles. The van der Waals surface area contributed by atoms with Crippen molar-refractivity contribution in [2.75, 3.05) is 16.9 Å². The van der Waals surface area contributed by atoms with Crippen LogP contribution in [0.4, 0.5) is 11.7 Å². The molecule has 0 aliphatic carbocycles. The van der Waals surface area contributed by atoms with Crippen LogP contribution in [0.1, 0.15) is 21.0 Å². The highest BCUT2D eigenvalue weighted by molar-refractivity contribution is 7.98. The Balaban J connectivity index is 1.66. The molecule has 0 atom stereocenters. The minimum Gasteiger partial charge on any atom is -0.459 e. The van der Waals surface area contributed by atoms with Gasteiger partial charge in [-0.3, -0.25) is 14.9 Å². The first-order valence-corrected chi connectivity index (χ1v) is 8.14. The van der Waals surface area contributed by atoms with E-state index in [-0.39, 0.29) is 17.5 Å². The number of carbonyl (C=O) groups excluding carboxylic acids is 2. The number of benzene rings is 1. The second-order valence-electron chi connectivity index (χ2n) is 4.66. The van der Waals surface area contributed by atoms with Gasteiger partial charge < -0.3 is 14.2 Å². The molecule has 2 aromatic heterocycles. The summed E-state index contributed by atoms with van der Waals surface area (Å²) >= 11 is 1.57. The number of rotatable bonds is 5. The summed E-state index contributed by atoms with van der Waals surface area (Å²) in [4.78, 5) is 28.9. The van der Waals surface area contributed by atoms with Gasteiger partial charge in [-0.25, -0.2) is 0 Å². The molecule has 0 saturated heterocycles. The van der Waals surface area contributed by atoms with Crippen LogP contribution in [0.2, 0.25) is 0 Å². The van der Waals surface area contributed by atoms with Crippen LogP contribution >= 0.6 is 11.8 Å². The maximum atomic E-state index is 12.2. The third kappa shape index (κ3) is 3.66. The molecule has 0 bridgehead atoms. The number of anilines is 2. The van der Waals surface area contributed by atoms with Crippen LogP contribution in [0.25, 0.3) is 0 Å². The number of thioether (sulfide) groups is 1. The number of hydrogen-bond donors (Lipinski definition) is 2. The Hall–Kier alpha value is -3.00. The molecule has 24 heavy (non-hydrogen) atoms. The van der Waals surface area contributed by atoms with Gasteiger partial charge in [-0.2, -0.15) is 4.98 Å². The molecule has 3 rings (SSSR count). The van der Waals surface area contributed by atoms with Gasteiger partial charge in [0.2, 0.25) is 0 Å². The number of hydrogen-bond acceptors (Lipinski definition) is 6. The van der Waals surface area contributed by atoms with Crippen LogP contribution in [-0.2, 0) is 0 Å². The largest absolute Gasteiger partial charge is 0.459 e. The minimum absolute atomic E-state index is 0.0549. The molecule has 122 valence electrons. The van der Waals surface area contributed by atoms with Gasteiger partial charge in [0.1, 0.15) is 6.26 Å².